The van der Waals surface area contributed by atoms with Gasteiger partial charge in [-0.25, -0.2) is 4.98 Å². The number of amides is 2. The van der Waals surface area contributed by atoms with E-state index in [9.17, 15) is 9.59 Å². The molecule has 0 bridgehead atoms. The molecule has 1 aromatic heterocycles. The molecule has 0 saturated heterocycles. The maximum atomic E-state index is 12.8. The topological polar surface area (TPSA) is 62.3 Å². The maximum absolute atomic E-state index is 12.8. The summed E-state index contributed by atoms with van der Waals surface area (Å²) in [5.74, 6) is 0.308. The number of aryl methyl sites for hydroxylation is 1. The summed E-state index contributed by atoms with van der Waals surface area (Å²) in [6, 6.07) is 7.69. The molecule has 2 aliphatic rings. The average Bonchev–Trinajstić information content (AvgIpc) is 2.94. The fourth-order valence-corrected chi connectivity index (χ4v) is 4.31. The minimum absolute atomic E-state index is 0.0669. The number of nitrogens with zero attached hydrogens (tertiary/aromatic N) is 2. The van der Waals surface area contributed by atoms with Crippen LogP contribution < -0.4 is 5.32 Å². The molecule has 0 unspecified atom stereocenters. The third-order valence-electron chi connectivity index (χ3n) is 5.10. The van der Waals surface area contributed by atoms with E-state index in [1.807, 2.05) is 36.1 Å². The summed E-state index contributed by atoms with van der Waals surface area (Å²) in [7, 11) is 0. The fraction of sp³-hybridized carbons (Fsp3) is 0.421. The normalized spacial score (nSPS) is 16.9. The lowest BCUT2D eigenvalue weighted by atomic mass is 9.85. The van der Waals surface area contributed by atoms with Crippen LogP contribution in [-0.4, -0.2) is 28.2 Å². The molecule has 0 atom stereocenters. The van der Waals surface area contributed by atoms with Crippen molar-refractivity contribution in [2.24, 2.45) is 5.92 Å². The first kappa shape index (κ1) is 16.3. The quantitative estimate of drug-likeness (QED) is 0.918. The molecule has 1 aliphatic heterocycles. The van der Waals surface area contributed by atoms with Crippen molar-refractivity contribution >= 4 is 28.3 Å². The predicted octanol–water partition coefficient (Wildman–Crippen LogP) is 3.39. The Morgan fingerprint density at radius 1 is 1.28 bits per heavy atom. The molecule has 1 saturated carbocycles. The van der Waals surface area contributed by atoms with Crippen LogP contribution in [0, 0.1) is 12.8 Å². The molecular formula is C19H21N3O2S. The van der Waals surface area contributed by atoms with E-state index in [1.165, 1.54) is 11.3 Å². The number of aromatic nitrogens is 1. The summed E-state index contributed by atoms with van der Waals surface area (Å²) in [4.78, 5) is 32.4. The van der Waals surface area contributed by atoms with Gasteiger partial charge in [0, 0.05) is 29.3 Å². The number of nitrogens with one attached hydrogen (secondary N) is 1. The van der Waals surface area contributed by atoms with Gasteiger partial charge in [-0.1, -0.05) is 36.0 Å². The molecule has 130 valence electrons. The summed E-state index contributed by atoms with van der Waals surface area (Å²) >= 11 is 1.50. The molecule has 0 radical (unpaired) electrons. The molecule has 1 aliphatic carbocycles. The van der Waals surface area contributed by atoms with E-state index in [0.717, 1.165) is 47.4 Å². The van der Waals surface area contributed by atoms with Gasteiger partial charge in [0.05, 0.1) is 12.2 Å². The van der Waals surface area contributed by atoms with Crippen molar-refractivity contribution in [3.63, 3.8) is 0 Å². The van der Waals surface area contributed by atoms with Gasteiger partial charge in [0.15, 0.2) is 5.13 Å². The van der Waals surface area contributed by atoms with Gasteiger partial charge in [0.2, 0.25) is 5.91 Å². The van der Waals surface area contributed by atoms with Crippen LogP contribution >= 0.6 is 11.3 Å². The van der Waals surface area contributed by atoms with E-state index in [-0.39, 0.29) is 17.7 Å². The summed E-state index contributed by atoms with van der Waals surface area (Å²) < 4.78 is 0. The van der Waals surface area contributed by atoms with E-state index < -0.39 is 0 Å². The van der Waals surface area contributed by atoms with Crippen LogP contribution in [-0.2, 0) is 17.8 Å². The Morgan fingerprint density at radius 2 is 2.08 bits per heavy atom. The molecule has 2 amide bonds. The van der Waals surface area contributed by atoms with Crippen molar-refractivity contribution in [1.82, 2.24) is 9.88 Å². The minimum Gasteiger partial charge on any atom is -0.333 e. The number of thiazole rings is 1. The number of carbonyl (C=O) groups is 2. The molecule has 4 rings (SSSR count). The smallest absolute Gasteiger partial charge is 0.254 e. The highest BCUT2D eigenvalue weighted by Crippen LogP contribution is 2.32. The SMILES string of the molecule is Cc1ccccc1C(=O)N1CCc2nc(NC(=O)C3CCC3)sc2C1. The summed E-state index contributed by atoms with van der Waals surface area (Å²) in [5.41, 5.74) is 2.77. The van der Waals surface area contributed by atoms with E-state index in [2.05, 4.69) is 10.3 Å². The fourth-order valence-electron chi connectivity index (χ4n) is 3.28. The average molecular weight is 355 g/mol. The van der Waals surface area contributed by atoms with Crippen molar-refractivity contribution < 1.29 is 9.59 Å². The lowest BCUT2D eigenvalue weighted by molar-refractivity contribution is -0.122. The van der Waals surface area contributed by atoms with Crippen LogP contribution in [0.2, 0.25) is 0 Å². The van der Waals surface area contributed by atoms with E-state index >= 15 is 0 Å². The third-order valence-corrected chi connectivity index (χ3v) is 6.10. The van der Waals surface area contributed by atoms with E-state index in [1.54, 1.807) is 0 Å². The molecule has 6 heteroatoms. The third kappa shape index (κ3) is 3.18. The highest BCUT2D eigenvalue weighted by atomic mass is 32.1. The molecule has 1 N–H and O–H groups in total. The molecule has 2 aromatic rings. The van der Waals surface area contributed by atoms with Crippen LogP contribution in [0.25, 0.3) is 0 Å². The Kier molecular flexibility index (Phi) is 4.29. The van der Waals surface area contributed by atoms with Crippen molar-refractivity contribution in [2.75, 3.05) is 11.9 Å². The number of carbonyl (C=O) groups excluding carboxylic acids is 2. The predicted molar refractivity (Wildman–Crippen MR) is 97.7 cm³/mol. The molecule has 1 fully saturated rings. The zero-order valence-corrected chi connectivity index (χ0v) is 15.1. The molecule has 5 nitrogen and oxygen atoms in total. The molecule has 25 heavy (non-hydrogen) atoms. The van der Waals surface area contributed by atoms with Gasteiger partial charge in [0.1, 0.15) is 0 Å². The standard InChI is InChI=1S/C19H21N3O2S/c1-12-5-2-3-8-14(12)18(24)22-10-9-15-16(11-22)25-19(20-15)21-17(23)13-6-4-7-13/h2-3,5,8,13H,4,6-7,9-11H2,1H3,(H,20,21,23). The zero-order chi connectivity index (χ0) is 17.4. The van der Waals surface area contributed by atoms with Gasteiger partial charge in [-0.2, -0.15) is 0 Å². The van der Waals surface area contributed by atoms with Crippen LogP contribution in [0.15, 0.2) is 24.3 Å². The summed E-state index contributed by atoms with van der Waals surface area (Å²) in [6.07, 6.45) is 3.84. The van der Waals surface area contributed by atoms with E-state index in [4.69, 9.17) is 0 Å². The van der Waals surface area contributed by atoms with Gasteiger partial charge >= 0.3 is 0 Å². The first-order valence-corrected chi connectivity index (χ1v) is 9.58. The van der Waals surface area contributed by atoms with Crippen LogP contribution in [0.5, 0.6) is 0 Å². The van der Waals surface area contributed by atoms with Gasteiger partial charge in [-0.3, -0.25) is 9.59 Å². The van der Waals surface area contributed by atoms with Gasteiger partial charge < -0.3 is 10.2 Å². The Hall–Kier alpha value is -2.21. The zero-order valence-electron chi connectivity index (χ0n) is 14.2. The van der Waals surface area contributed by atoms with Crippen molar-refractivity contribution in [3.8, 4) is 0 Å². The lowest BCUT2D eigenvalue weighted by Crippen LogP contribution is -2.35. The summed E-state index contributed by atoms with van der Waals surface area (Å²) in [6.45, 7) is 3.20. The number of rotatable bonds is 3. The highest BCUT2D eigenvalue weighted by Gasteiger charge is 2.28. The largest absolute Gasteiger partial charge is 0.333 e. The minimum atomic E-state index is 0.0669. The lowest BCUT2D eigenvalue weighted by Gasteiger charge is -2.26. The number of fused-ring (bicyclic) bond motifs is 1. The number of hydrogen-bond acceptors (Lipinski definition) is 4. The second-order valence-electron chi connectivity index (χ2n) is 6.80. The first-order valence-electron chi connectivity index (χ1n) is 8.76. The summed E-state index contributed by atoms with van der Waals surface area (Å²) in [5, 5.41) is 3.62. The number of hydrogen-bond donors (Lipinski definition) is 1. The maximum Gasteiger partial charge on any atom is 0.254 e. The Bertz CT molecular complexity index is 826. The second-order valence-corrected chi connectivity index (χ2v) is 7.88. The first-order chi connectivity index (χ1) is 12.1. The molecule has 2 heterocycles. The number of anilines is 1. The molecule has 1 aromatic carbocycles. The van der Waals surface area contributed by atoms with Crippen LogP contribution in [0.3, 0.4) is 0 Å². The van der Waals surface area contributed by atoms with Gasteiger partial charge in [-0.15, -0.1) is 0 Å². The van der Waals surface area contributed by atoms with Gasteiger partial charge in [0.25, 0.3) is 5.91 Å². The Morgan fingerprint density at radius 3 is 2.80 bits per heavy atom. The molecule has 0 spiro atoms. The second kappa shape index (κ2) is 6.59. The van der Waals surface area contributed by atoms with Crippen LogP contribution in [0.4, 0.5) is 5.13 Å². The Labute approximate surface area is 151 Å². The van der Waals surface area contributed by atoms with E-state index in [0.29, 0.717) is 18.2 Å². The van der Waals surface area contributed by atoms with Crippen molar-refractivity contribution in [1.29, 1.82) is 0 Å². The monoisotopic (exact) mass is 355 g/mol. The van der Waals surface area contributed by atoms with Crippen molar-refractivity contribution in [2.45, 2.75) is 39.2 Å². The van der Waals surface area contributed by atoms with Gasteiger partial charge in [-0.05, 0) is 31.4 Å². The highest BCUT2D eigenvalue weighted by molar-refractivity contribution is 7.15. The molecular weight excluding hydrogens is 334 g/mol. The van der Waals surface area contributed by atoms with Crippen molar-refractivity contribution in [3.05, 3.63) is 46.0 Å². The van der Waals surface area contributed by atoms with Crippen LogP contribution in [0.1, 0.15) is 45.8 Å². The number of benzene rings is 1. The Balaban J connectivity index is 1.47.